The molecule has 2 nitrogen and oxygen atoms in total. The van der Waals surface area contributed by atoms with Crippen LogP contribution in [-0.2, 0) is 4.79 Å². The van der Waals surface area contributed by atoms with Crippen LogP contribution < -0.4 is 0 Å². The fraction of sp³-hybridized carbons (Fsp3) is 0.842. The van der Waals surface area contributed by atoms with Crippen LogP contribution in [0.3, 0.4) is 0 Å². The van der Waals surface area contributed by atoms with E-state index >= 15 is 0 Å². The second-order valence-electron chi connectivity index (χ2n) is 7.24. The highest BCUT2D eigenvalue weighted by atomic mass is 16.4. The average molecular weight is 296 g/mol. The maximum absolute atomic E-state index is 10.7. The lowest BCUT2D eigenvalue weighted by atomic mass is 9.92. The van der Waals surface area contributed by atoms with E-state index in [1.165, 1.54) is 38.5 Å². The molecule has 0 aromatic carbocycles. The largest absolute Gasteiger partial charge is 0.478 e. The summed E-state index contributed by atoms with van der Waals surface area (Å²) in [6.07, 6.45) is 11.9. The van der Waals surface area contributed by atoms with Gasteiger partial charge in [-0.3, -0.25) is 0 Å². The van der Waals surface area contributed by atoms with Crippen molar-refractivity contribution in [3.63, 3.8) is 0 Å². The molecule has 0 aromatic rings. The van der Waals surface area contributed by atoms with Gasteiger partial charge in [0.2, 0.25) is 0 Å². The summed E-state index contributed by atoms with van der Waals surface area (Å²) in [5.41, 5.74) is 0.473. The van der Waals surface area contributed by atoms with Gasteiger partial charge in [0.25, 0.3) is 0 Å². The van der Waals surface area contributed by atoms with Gasteiger partial charge < -0.3 is 5.11 Å². The van der Waals surface area contributed by atoms with E-state index in [2.05, 4.69) is 27.7 Å². The fourth-order valence-corrected chi connectivity index (χ4v) is 2.65. The van der Waals surface area contributed by atoms with Crippen LogP contribution >= 0.6 is 0 Å². The van der Waals surface area contributed by atoms with Gasteiger partial charge >= 0.3 is 5.97 Å². The van der Waals surface area contributed by atoms with Crippen molar-refractivity contribution in [3.8, 4) is 0 Å². The molecule has 0 aliphatic carbocycles. The second kappa shape index (κ2) is 11.8. The molecule has 0 radical (unpaired) electrons. The van der Waals surface area contributed by atoms with Gasteiger partial charge in [-0.15, -0.1) is 0 Å². The van der Waals surface area contributed by atoms with E-state index in [-0.39, 0.29) is 0 Å². The number of allylic oxidation sites excluding steroid dienone is 1. The van der Waals surface area contributed by atoms with Crippen LogP contribution in [0, 0.1) is 17.8 Å². The lowest BCUT2D eigenvalue weighted by Gasteiger charge is -2.14. The summed E-state index contributed by atoms with van der Waals surface area (Å²) in [4.78, 5) is 10.7. The van der Waals surface area contributed by atoms with Gasteiger partial charge in [-0.1, -0.05) is 72.3 Å². The van der Waals surface area contributed by atoms with Gasteiger partial charge in [0.15, 0.2) is 0 Å². The molecule has 2 heteroatoms. The standard InChI is InChI=1S/C19H36O2/c1-15(2)9-6-10-16(3)11-7-12-17(4)13-8-14-18(5)19(20)21/h14-17H,6-13H2,1-5H3,(H,20,21). The Bertz CT molecular complexity index is 305. The van der Waals surface area contributed by atoms with Crippen molar-refractivity contribution < 1.29 is 9.90 Å². The summed E-state index contributed by atoms with van der Waals surface area (Å²) in [5.74, 6) is 1.59. The molecule has 0 amide bonds. The molecule has 21 heavy (non-hydrogen) atoms. The Morgan fingerprint density at radius 2 is 1.38 bits per heavy atom. The van der Waals surface area contributed by atoms with Gasteiger partial charge in [-0.25, -0.2) is 4.79 Å². The molecule has 2 atom stereocenters. The first-order chi connectivity index (χ1) is 9.82. The quantitative estimate of drug-likeness (QED) is 0.444. The molecule has 0 spiro atoms. The van der Waals surface area contributed by atoms with E-state index < -0.39 is 5.97 Å². The molecule has 0 bridgehead atoms. The highest BCUT2D eigenvalue weighted by molar-refractivity contribution is 5.85. The molecule has 1 N–H and O–H groups in total. The fourth-order valence-electron chi connectivity index (χ4n) is 2.65. The molecule has 0 rings (SSSR count). The molecule has 0 aliphatic heterocycles. The lowest BCUT2D eigenvalue weighted by Crippen LogP contribution is -2.00. The van der Waals surface area contributed by atoms with Gasteiger partial charge in [0.05, 0.1) is 0 Å². The van der Waals surface area contributed by atoms with E-state index in [1.807, 2.05) is 6.08 Å². The zero-order valence-electron chi connectivity index (χ0n) is 14.8. The molecule has 0 saturated heterocycles. The van der Waals surface area contributed by atoms with Gasteiger partial charge in [0, 0.05) is 5.57 Å². The molecule has 0 aliphatic rings. The van der Waals surface area contributed by atoms with Crippen molar-refractivity contribution in [2.75, 3.05) is 0 Å². The maximum atomic E-state index is 10.7. The molecular formula is C19H36O2. The van der Waals surface area contributed by atoms with Crippen LogP contribution in [0.4, 0.5) is 0 Å². The summed E-state index contributed by atoms with van der Waals surface area (Å²) in [7, 11) is 0. The van der Waals surface area contributed by atoms with Crippen molar-refractivity contribution in [2.45, 2.75) is 86.0 Å². The Morgan fingerprint density at radius 1 is 0.905 bits per heavy atom. The summed E-state index contributed by atoms with van der Waals surface area (Å²) in [6, 6.07) is 0. The first kappa shape index (κ1) is 20.2. The molecule has 124 valence electrons. The van der Waals surface area contributed by atoms with Crippen LogP contribution in [-0.4, -0.2) is 11.1 Å². The number of aliphatic carboxylic acids is 1. The number of hydrogen-bond acceptors (Lipinski definition) is 1. The van der Waals surface area contributed by atoms with Crippen molar-refractivity contribution in [2.24, 2.45) is 17.8 Å². The Morgan fingerprint density at radius 3 is 1.86 bits per heavy atom. The number of carboxylic acid groups (broad SMARTS) is 1. The minimum absolute atomic E-state index is 0.473. The van der Waals surface area contributed by atoms with Crippen LogP contribution in [0.2, 0.25) is 0 Å². The van der Waals surface area contributed by atoms with Crippen molar-refractivity contribution in [3.05, 3.63) is 11.6 Å². The maximum Gasteiger partial charge on any atom is 0.330 e. The molecule has 0 aromatic heterocycles. The first-order valence-electron chi connectivity index (χ1n) is 8.73. The van der Waals surface area contributed by atoms with E-state index in [9.17, 15) is 4.79 Å². The molecular weight excluding hydrogens is 260 g/mol. The average Bonchev–Trinajstić information content (AvgIpc) is 2.37. The van der Waals surface area contributed by atoms with Crippen molar-refractivity contribution in [1.29, 1.82) is 0 Å². The normalized spacial score (nSPS) is 15.2. The van der Waals surface area contributed by atoms with Crippen LogP contribution in [0.15, 0.2) is 11.6 Å². The SMILES string of the molecule is CC(=CCCC(C)CCCC(C)CCCC(C)C)C(=O)O. The first-order valence-corrected chi connectivity index (χ1v) is 8.73. The lowest BCUT2D eigenvalue weighted by molar-refractivity contribution is -0.132. The highest BCUT2D eigenvalue weighted by Gasteiger charge is 2.06. The van der Waals surface area contributed by atoms with E-state index in [0.717, 1.165) is 24.7 Å². The predicted octanol–water partition coefficient (Wildman–Crippen LogP) is 6.07. The van der Waals surface area contributed by atoms with Crippen LogP contribution in [0.25, 0.3) is 0 Å². The van der Waals surface area contributed by atoms with Gasteiger partial charge in [0.1, 0.15) is 0 Å². The Hall–Kier alpha value is -0.790. The number of carboxylic acids is 1. The minimum Gasteiger partial charge on any atom is -0.478 e. The number of carbonyl (C=O) groups is 1. The zero-order chi connectivity index (χ0) is 16.3. The molecule has 2 unspecified atom stereocenters. The summed E-state index contributed by atoms with van der Waals surface area (Å²) in [6.45, 7) is 10.9. The second-order valence-corrected chi connectivity index (χ2v) is 7.24. The third kappa shape index (κ3) is 12.6. The Labute approximate surface area is 132 Å². The topological polar surface area (TPSA) is 37.3 Å². The number of hydrogen-bond donors (Lipinski definition) is 1. The van der Waals surface area contributed by atoms with Gasteiger partial charge in [-0.2, -0.15) is 0 Å². The summed E-state index contributed by atoms with van der Waals surface area (Å²) < 4.78 is 0. The zero-order valence-corrected chi connectivity index (χ0v) is 14.8. The van der Waals surface area contributed by atoms with Crippen LogP contribution in [0.1, 0.15) is 86.0 Å². The molecule has 0 saturated carbocycles. The Kier molecular flexibility index (Phi) is 11.4. The third-order valence-corrected chi connectivity index (χ3v) is 4.32. The smallest absolute Gasteiger partial charge is 0.330 e. The van der Waals surface area contributed by atoms with Crippen molar-refractivity contribution >= 4 is 5.97 Å². The third-order valence-electron chi connectivity index (χ3n) is 4.32. The van der Waals surface area contributed by atoms with Crippen molar-refractivity contribution in [1.82, 2.24) is 0 Å². The van der Waals surface area contributed by atoms with Gasteiger partial charge in [-0.05, 0) is 37.5 Å². The Balaban J connectivity index is 3.63. The van der Waals surface area contributed by atoms with Crippen LogP contribution in [0.5, 0.6) is 0 Å². The van der Waals surface area contributed by atoms with E-state index in [0.29, 0.717) is 11.5 Å². The molecule has 0 fully saturated rings. The van der Waals surface area contributed by atoms with E-state index in [1.54, 1.807) is 6.92 Å². The molecule has 0 heterocycles. The minimum atomic E-state index is -0.794. The predicted molar refractivity (Wildman–Crippen MR) is 91.5 cm³/mol. The monoisotopic (exact) mass is 296 g/mol. The number of rotatable bonds is 12. The summed E-state index contributed by atoms with van der Waals surface area (Å²) in [5, 5.41) is 8.79. The van der Waals surface area contributed by atoms with E-state index in [4.69, 9.17) is 5.11 Å². The summed E-state index contributed by atoms with van der Waals surface area (Å²) >= 11 is 0. The highest BCUT2D eigenvalue weighted by Crippen LogP contribution is 2.21.